The second-order valence-electron chi connectivity index (χ2n) is 5.67. The van der Waals surface area contributed by atoms with Crippen molar-refractivity contribution < 1.29 is 10.2 Å². The first-order chi connectivity index (χ1) is 6.57. The first-order valence-corrected chi connectivity index (χ1v) is 5.72. The topological polar surface area (TPSA) is 40.5 Å². The van der Waals surface area contributed by atoms with Crippen molar-refractivity contribution in [1.82, 2.24) is 0 Å². The summed E-state index contributed by atoms with van der Waals surface area (Å²) in [6.45, 7) is 11.6. The summed E-state index contributed by atoms with van der Waals surface area (Å²) >= 11 is 0. The zero-order chi connectivity index (χ0) is 12.3. The SMILES string of the molecule is CC(C)CC(C)(O)/C=C\C(C)(O)C(C)C. The van der Waals surface area contributed by atoms with Gasteiger partial charge in [-0.25, -0.2) is 0 Å². The lowest BCUT2D eigenvalue weighted by Gasteiger charge is -2.27. The van der Waals surface area contributed by atoms with E-state index in [1.807, 2.05) is 13.8 Å². The molecule has 0 amide bonds. The smallest absolute Gasteiger partial charge is 0.0823 e. The van der Waals surface area contributed by atoms with E-state index >= 15 is 0 Å². The first-order valence-electron chi connectivity index (χ1n) is 5.72. The molecule has 0 saturated carbocycles. The molecule has 0 rings (SSSR count). The van der Waals surface area contributed by atoms with Crippen molar-refractivity contribution in [2.75, 3.05) is 0 Å². The molecule has 0 aliphatic heterocycles. The predicted octanol–water partition coefficient (Wildman–Crippen LogP) is 2.75. The van der Waals surface area contributed by atoms with Crippen LogP contribution in [0.2, 0.25) is 0 Å². The van der Waals surface area contributed by atoms with Gasteiger partial charge in [0.2, 0.25) is 0 Å². The van der Waals surface area contributed by atoms with Crippen LogP contribution in [0.15, 0.2) is 12.2 Å². The van der Waals surface area contributed by atoms with Gasteiger partial charge in [-0.15, -0.1) is 0 Å². The molecule has 0 aromatic carbocycles. The van der Waals surface area contributed by atoms with Crippen molar-refractivity contribution in [2.45, 2.75) is 59.2 Å². The summed E-state index contributed by atoms with van der Waals surface area (Å²) in [5.74, 6) is 0.581. The second kappa shape index (κ2) is 5.13. The van der Waals surface area contributed by atoms with E-state index in [0.717, 1.165) is 0 Å². The van der Waals surface area contributed by atoms with E-state index in [-0.39, 0.29) is 5.92 Å². The standard InChI is InChI=1S/C13H26O2/c1-10(2)9-12(5,14)7-8-13(6,15)11(3)4/h7-8,10-11,14-15H,9H2,1-6H3/b8-7-. The Kier molecular flexibility index (Phi) is 5.01. The minimum Gasteiger partial charge on any atom is -0.386 e. The number of aliphatic hydroxyl groups is 2. The zero-order valence-electron chi connectivity index (χ0n) is 10.9. The molecule has 2 unspecified atom stereocenters. The van der Waals surface area contributed by atoms with Gasteiger partial charge in [-0.3, -0.25) is 0 Å². The molecule has 2 heteroatoms. The Balaban J connectivity index is 4.50. The average Bonchev–Trinajstić information content (AvgIpc) is 1.98. The van der Waals surface area contributed by atoms with Gasteiger partial charge in [-0.05, 0) is 32.1 Å². The minimum atomic E-state index is -0.846. The number of hydrogen-bond acceptors (Lipinski definition) is 2. The molecule has 0 aromatic heterocycles. The highest BCUT2D eigenvalue weighted by atomic mass is 16.3. The van der Waals surface area contributed by atoms with Crippen molar-refractivity contribution >= 4 is 0 Å². The third-order valence-corrected chi connectivity index (χ3v) is 2.77. The second-order valence-corrected chi connectivity index (χ2v) is 5.67. The Bertz CT molecular complexity index is 213. The molecule has 2 N–H and O–H groups in total. The molecule has 0 bridgehead atoms. The van der Waals surface area contributed by atoms with Crippen LogP contribution < -0.4 is 0 Å². The summed E-state index contributed by atoms with van der Waals surface area (Å²) in [4.78, 5) is 0. The molecule has 0 radical (unpaired) electrons. The summed E-state index contributed by atoms with van der Waals surface area (Å²) in [6.07, 6.45) is 4.13. The molecule has 0 fully saturated rings. The summed E-state index contributed by atoms with van der Waals surface area (Å²) in [6, 6.07) is 0. The van der Waals surface area contributed by atoms with E-state index in [1.54, 1.807) is 26.0 Å². The number of rotatable bonds is 5. The molecule has 0 aromatic rings. The van der Waals surface area contributed by atoms with Crippen LogP contribution in [0, 0.1) is 11.8 Å². The molecule has 0 aliphatic rings. The van der Waals surface area contributed by atoms with E-state index in [4.69, 9.17) is 0 Å². The van der Waals surface area contributed by atoms with Crippen LogP contribution in [-0.4, -0.2) is 21.4 Å². The average molecular weight is 214 g/mol. The fourth-order valence-electron chi connectivity index (χ4n) is 1.44. The summed E-state index contributed by atoms with van der Waals surface area (Å²) in [7, 11) is 0. The zero-order valence-corrected chi connectivity index (χ0v) is 10.9. The molecular weight excluding hydrogens is 188 g/mol. The van der Waals surface area contributed by atoms with Gasteiger partial charge in [0.25, 0.3) is 0 Å². The van der Waals surface area contributed by atoms with Crippen LogP contribution in [0.3, 0.4) is 0 Å². The van der Waals surface area contributed by atoms with Gasteiger partial charge in [0.05, 0.1) is 11.2 Å². The van der Waals surface area contributed by atoms with E-state index in [1.165, 1.54) is 0 Å². The molecule has 0 aliphatic carbocycles. The van der Waals surface area contributed by atoms with Gasteiger partial charge in [-0.2, -0.15) is 0 Å². The summed E-state index contributed by atoms with van der Waals surface area (Å²) in [5, 5.41) is 20.0. The van der Waals surface area contributed by atoms with Crippen molar-refractivity contribution in [1.29, 1.82) is 0 Å². The molecular formula is C13H26O2. The normalized spacial score (nSPS) is 20.9. The van der Waals surface area contributed by atoms with Crippen molar-refractivity contribution in [3.8, 4) is 0 Å². The highest BCUT2D eigenvalue weighted by Gasteiger charge is 2.24. The van der Waals surface area contributed by atoms with Crippen LogP contribution in [0.4, 0.5) is 0 Å². The highest BCUT2D eigenvalue weighted by molar-refractivity contribution is 5.07. The fraction of sp³-hybridized carbons (Fsp3) is 0.846. The predicted molar refractivity (Wildman–Crippen MR) is 64.7 cm³/mol. The maximum absolute atomic E-state index is 10.0. The van der Waals surface area contributed by atoms with Gasteiger partial charge in [0.15, 0.2) is 0 Å². The molecule has 15 heavy (non-hydrogen) atoms. The van der Waals surface area contributed by atoms with Crippen LogP contribution in [0.5, 0.6) is 0 Å². The Labute approximate surface area is 94.0 Å². The Morgan fingerprint density at radius 3 is 1.80 bits per heavy atom. The van der Waals surface area contributed by atoms with Crippen LogP contribution >= 0.6 is 0 Å². The third kappa shape index (κ3) is 5.95. The fourth-order valence-corrected chi connectivity index (χ4v) is 1.44. The van der Waals surface area contributed by atoms with Crippen LogP contribution in [0.1, 0.15) is 48.0 Å². The Morgan fingerprint density at radius 1 is 1.00 bits per heavy atom. The largest absolute Gasteiger partial charge is 0.386 e. The Hall–Kier alpha value is -0.340. The highest BCUT2D eigenvalue weighted by Crippen LogP contribution is 2.22. The van der Waals surface area contributed by atoms with Crippen molar-refractivity contribution in [3.63, 3.8) is 0 Å². The molecule has 0 spiro atoms. The minimum absolute atomic E-state index is 0.142. The lowest BCUT2D eigenvalue weighted by atomic mass is 9.88. The van der Waals surface area contributed by atoms with Gasteiger partial charge in [-0.1, -0.05) is 39.8 Å². The Morgan fingerprint density at radius 2 is 1.47 bits per heavy atom. The maximum Gasteiger partial charge on any atom is 0.0823 e. The maximum atomic E-state index is 10.0. The lowest BCUT2D eigenvalue weighted by molar-refractivity contribution is 0.0536. The van der Waals surface area contributed by atoms with Crippen molar-refractivity contribution in [3.05, 3.63) is 12.2 Å². The monoisotopic (exact) mass is 214 g/mol. The third-order valence-electron chi connectivity index (χ3n) is 2.77. The van der Waals surface area contributed by atoms with Crippen molar-refractivity contribution in [2.24, 2.45) is 11.8 Å². The van der Waals surface area contributed by atoms with Gasteiger partial charge < -0.3 is 10.2 Å². The van der Waals surface area contributed by atoms with Gasteiger partial charge in [0, 0.05) is 0 Å². The van der Waals surface area contributed by atoms with E-state index in [9.17, 15) is 10.2 Å². The lowest BCUT2D eigenvalue weighted by Crippen LogP contribution is -2.31. The summed E-state index contributed by atoms with van der Waals surface area (Å²) in [5.41, 5.74) is -1.67. The van der Waals surface area contributed by atoms with Gasteiger partial charge >= 0.3 is 0 Å². The molecule has 2 nitrogen and oxygen atoms in total. The quantitative estimate of drug-likeness (QED) is 0.691. The molecule has 90 valence electrons. The van der Waals surface area contributed by atoms with E-state index in [0.29, 0.717) is 12.3 Å². The van der Waals surface area contributed by atoms with Gasteiger partial charge in [0.1, 0.15) is 0 Å². The first kappa shape index (κ1) is 14.7. The summed E-state index contributed by atoms with van der Waals surface area (Å²) < 4.78 is 0. The molecule has 0 saturated heterocycles. The van der Waals surface area contributed by atoms with E-state index < -0.39 is 11.2 Å². The number of hydrogen-bond donors (Lipinski definition) is 2. The molecule has 0 heterocycles. The molecule has 2 atom stereocenters. The van der Waals surface area contributed by atoms with Crippen LogP contribution in [-0.2, 0) is 0 Å². The van der Waals surface area contributed by atoms with Crippen LogP contribution in [0.25, 0.3) is 0 Å². The van der Waals surface area contributed by atoms with E-state index in [2.05, 4.69) is 13.8 Å².